The molecule has 1 aromatic carbocycles. The smallest absolute Gasteiger partial charge is 0.258 e. The van der Waals surface area contributed by atoms with Gasteiger partial charge in [0, 0.05) is 23.3 Å². The van der Waals surface area contributed by atoms with Crippen LogP contribution in [0.15, 0.2) is 58.8 Å². The third kappa shape index (κ3) is 4.42. The molecule has 156 valence electrons. The van der Waals surface area contributed by atoms with Crippen LogP contribution in [0.25, 0.3) is 17.1 Å². The fourth-order valence-electron chi connectivity index (χ4n) is 3.01. The molecule has 0 bridgehead atoms. The number of aryl methyl sites for hydroxylation is 3. The van der Waals surface area contributed by atoms with Crippen molar-refractivity contribution >= 4 is 34.0 Å². The zero-order chi connectivity index (χ0) is 22.1. The van der Waals surface area contributed by atoms with E-state index >= 15 is 0 Å². The Morgan fingerprint density at radius 2 is 1.84 bits per heavy atom. The standard InChI is InChI=1S/C23H19ClN4O2S/c1-13-4-7-17(24)20(10-13)28-11-16(6-9-21(28)29)22(30)27-23-26-19(12-31-23)18-8-5-14(2)15(3)25-18/h4-12H,1-3H3,(H,26,27,30). The second-order valence-electron chi connectivity index (χ2n) is 7.17. The Morgan fingerprint density at radius 1 is 1.03 bits per heavy atom. The first-order chi connectivity index (χ1) is 14.8. The number of rotatable bonds is 4. The van der Waals surface area contributed by atoms with Gasteiger partial charge in [-0.1, -0.05) is 23.7 Å². The topological polar surface area (TPSA) is 76.9 Å². The maximum Gasteiger partial charge on any atom is 0.258 e. The molecule has 3 aromatic heterocycles. The number of nitrogens with zero attached hydrogens (tertiary/aromatic N) is 3. The number of nitrogens with one attached hydrogen (secondary N) is 1. The zero-order valence-electron chi connectivity index (χ0n) is 17.1. The molecule has 3 heterocycles. The molecule has 0 unspecified atom stereocenters. The van der Waals surface area contributed by atoms with Gasteiger partial charge >= 0.3 is 0 Å². The summed E-state index contributed by atoms with van der Waals surface area (Å²) in [5, 5.41) is 5.52. The summed E-state index contributed by atoms with van der Waals surface area (Å²) in [6.45, 7) is 5.86. The largest absolute Gasteiger partial charge is 0.298 e. The van der Waals surface area contributed by atoms with E-state index in [0.29, 0.717) is 27.1 Å². The van der Waals surface area contributed by atoms with Gasteiger partial charge < -0.3 is 0 Å². The second kappa shape index (κ2) is 8.45. The summed E-state index contributed by atoms with van der Waals surface area (Å²) >= 11 is 7.58. The SMILES string of the molecule is Cc1ccc(Cl)c(-n2cc(C(=O)Nc3nc(-c4ccc(C)c(C)n4)cs3)ccc2=O)c1. The summed E-state index contributed by atoms with van der Waals surface area (Å²) in [5.74, 6) is -0.369. The van der Waals surface area contributed by atoms with Crippen LogP contribution in [-0.4, -0.2) is 20.4 Å². The van der Waals surface area contributed by atoms with Crippen LogP contribution >= 0.6 is 22.9 Å². The Bertz CT molecular complexity index is 1360. The summed E-state index contributed by atoms with van der Waals surface area (Å²) in [7, 11) is 0. The monoisotopic (exact) mass is 450 g/mol. The number of carbonyl (C=O) groups is 1. The summed E-state index contributed by atoms with van der Waals surface area (Å²) in [6, 6.07) is 12.1. The molecule has 0 atom stereocenters. The van der Waals surface area contributed by atoms with Crippen LogP contribution in [-0.2, 0) is 0 Å². The molecule has 0 aliphatic carbocycles. The molecule has 0 saturated carbocycles. The minimum absolute atomic E-state index is 0.276. The molecule has 8 heteroatoms. The molecule has 0 aliphatic rings. The van der Waals surface area contributed by atoms with Crippen molar-refractivity contribution in [2.24, 2.45) is 0 Å². The minimum Gasteiger partial charge on any atom is -0.298 e. The van der Waals surface area contributed by atoms with Crippen LogP contribution in [0, 0.1) is 20.8 Å². The number of amides is 1. The Balaban J connectivity index is 1.60. The van der Waals surface area contributed by atoms with Gasteiger partial charge in [-0.2, -0.15) is 0 Å². The van der Waals surface area contributed by atoms with Gasteiger partial charge in [-0.25, -0.2) is 4.98 Å². The molecule has 6 nitrogen and oxygen atoms in total. The van der Waals surface area contributed by atoms with E-state index in [9.17, 15) is 9.59 Å². The van der Waals surface area contributed by atoms with Crippen LogP contribution in [0.3, 0.4) is 0 Å². The Labute approximate surface area is 188 Å². The average Bonchev–Trinajstić information content (AvgIpc) is 3.20. The molecule has 0 spiro atoms. The first-order valence-electron chi connectivity index (χ1n) is 9.52. The van der Waals surface area contributed by atoms with Gasteiger partial charge in [-0.05, 0) is 56.2 Å². The number of hydrogen-bond donors (Lipinski definition) is 1. The maximum absolute atomic E-state index is 12.8. The minimum atomic E-state index is -0.369. The highest BCUT2D eigenvalue weighted by molar-refractivity contribution is 7.14. The van der Waals surface area contributed by atoms with E-state index < -0.39 is 0 Å². The third-order valence-corrected chi connectivity index (χ3v) is 5.95. The van der Waals surface area contributed by atoms with Crippen molar-refractivity contribution in [3.05, 3.63) is 91.8 Å². The lowest BCUT2D eigenvalue weighted by Crippen LogP contribution is -2.21. The zero-order valence-corrected chi connectivity index (χ0v) is 18.7. The van der Waals surface area contributed by atoms with E-state index in [0.717, 1.165) is 22.5 Å². The first-order valence-corrected chi connectivity index (χ1v) is 10.8. The van der Waals surface area contributed by atoms with Crippen molar-refractivity contribution in [3.63, 3.8) is 0 Å². The molecule has 0 aliphatic heterocycles. The number of halogens is 1. The number of hydrogen-bond acceptors (Lipinski definition) is 5. The van der Waals surface area contributed by atoms with Gasteiger partial charge in [0.2, 0.25) is 0 Å². The molecule has 1 N–H and O–H groups in total. The lowest BCUT2D eigenvalue weighted by Gasteiger charge is -2.10. The number of benzene rings is 1. The van der Waals surface area contributed by atoms with E-state index in [4.69, 9.17) is 11.6 Å². The molecule has 0 saturated heterocycles. The molecule has 31 heavy (non-hydrogen) atoms. The number of aromatic nitrogens is 3. The highest BCUT2D eigenvalue weighted by Gasteiger charge is 2.14. The van der Waals surface area contributed by atoms with Crippen LogP contribution in [0.1, 0.15) is 27.2 Å². The van der Waals surface area contributed by atoms with E-state index in [1.807, 2.05) is 44.4 Å². The number of anilines is 1. The summed E-state index contributed by atoms with van der Waals surface area (Å²) in [6.07, 6.45) is 1.48. The van der Waals surface area contributed by atoms with Crippen molar-refractivity contribution in [2.75, 3.05) is 5.32 Å². The van der Waals surface area contributed by atoms with Gasteiger partial charge in [0.25, 0.3) is 11.5 Å². The third-order valence-electron chi connectivity index (χ3n) is 4.87. The highest BCUT2D eigenvalue weighted by Crippen LogP contribution is 2.25. The first kappa shape index (κ1) is 21.0. The van der Waals surface area contributed by atoms with Crippen molar-refractivity contribution in [1.29, 1.82) is 0 Å². The molecule has 4 aromatic rings. The second-order valence-corrected chi connectivity index (χ2v) is 8.44. The van der Waals surface area contributed by atoms with E-state index in [1.165, 1.54) is 34.2 Å². The molecule has 4 rings (SSSR count). The number of thiazole rings is 1. The predicted octanol–water partition coefficient (Wildman–Crippen LogP) is 5.19. The molecule has 0 radical (unpaired) electrons. The van der Waals surface area contributed by atoms with Crippen molar-refractivity contribution < 1.29 is 4.79 Å². The van der Waals surface area contributed by atoms with Crippen molar-refractivity contribution in [2.45, 2.75) is 20.8 Å². The maximum atomic E-state index is 12.8. The normalized spacial score (nSPS) is 10.8. The number of carbonyl (C=O) groups excluding carboxylic acids is 1. The fraction of sp³-hybridized carbons (Fsp3) is 0.130. The lowest BCUT2D eigenvalue weighted by atomic mass is 10.2. The Kier molecular flexibility index (Phi) is 5.71. The van der Waals surface area contributed by atoms with Crippen LogP contribution < -0.4 is 10.9 Å². The molecule has 0 fully saturated rings. The van der Waals surface area contributed by atoms with Gasteiger partial charge in [0.1, 0.15) is 5.69 Å². The summed E-state index contributed by atoms with van der Waals surface area (Å²) in [5.41, 5.74) is 5.02. The highest BCUT2D eigenvalue weighted by atomic mass is 35.5. The quantitative estimate of drug-likeness (QED) is 0.464. The van der Waals surface area contributed by atoms with Gasteiger partial charge in [-0.15, -0.1) is 11.3 Å². The molecular formula is C23H19ClN4O2S. The Hall–Kier alpha value is -3.29. The van der Waals surface area contributed by atoms with Crippen molar-refractivity contribution in [3.8, 4) is 17.1 Å². The fourth-order valence-corrected chi connectivity index (χ4v) is 3.92. The Morgan fingerprint density at radius 3 is 2.61 bits per heavy atom. The van der Waals surface area contributed by atoms with Crippen LogP contribution in [0.5, 0.6) is 0 Å². The van der Waals surface area contributed by atoms with Crippen LogP contribution in [0.4, 0.5) is 5.13 Å². The van der Waals surface area contributed by atoms with Gasteiger partial charge in [0.05, 0.1) is 22.0 Å². The predicted molar refractivity (Wildman–Crippen MR) is 125 cm³/mol. The van der Waals surface area contributed by atoms with E-state index in [2.05, 4.69) is 15.3 Å². The van der Waals surface area contributed by atoms with Crippen LogP contribution in [0.2, 0.25) is 5.02 Å². The van der Waals surface area contributed by atoms with E-state index in [-0.39, 0.29) is 11.5 Å². The van der Waals surface area contributed by atoms with Gasteiger partial charge in [-0.3, -0.25) is 24.5 Å². The lowest BCUT2D eigenvalue weighted by molar-refractivity contribution is 0.102. The van der Waals surface area contributed by atoms with Gasteiger partial charge in [0.15, 0.2) is 5.13 Å². The van der Waals surface area contributed by atoms with E-state index in [1.54, 1.807) is 12.1 Å². The summed E-state index contributed by atoms with van der Waals surface area (Å²) < 4.78 is 1.37. The summed E-state index contributed by atoms with van der Waals surface area (Å²) in [4.78, 5) is 34.2. The number of pyridine rings is 2. The molecular weight excluding hydrogens is 432 g/mol. The average molecular weight is 451 g/mol. The van der Waals surface area contributed by atoms with Crippen molar-refractivity contribution in [1.82, 2.24) is 14.5 Å². The molecule has 1 amide bonds.